The molecule has 1 saturated carbocycles. The van der Waals surface area contributed by atoms with Crippen molar-refractivity contribution in [1.29, 1.82) is 0 Å². The molecular formula is C23H28F2N2O2. The molecule has 0 spiro atoms. The van der Waals surface area contributed by atoms with Gasteiger partial charge in [0, 0.05) is 31.3 Å². The van der Waals surface area contributed by atoms with E-state index in [1.165, 1.54) is 4.57 Å². The number of rotatable bonds is 5. The molecule has 1 amide bonds. The van der Waals surface area contributed by atoms with Crippen molar-refractivity contribution >= 4 is 5.91 Å². The number of nitrogens with zero attached hydrogens (tertiary/aromatic N) is 1. The lowest BCUT2D eigenvalue weighted by Crippen LogP contribution is -2.37. The summed E-state index contributed by atoms with van der Waals surface area (Å²) in [7, 11) is 0. The van der Waals surface area contributed by atoms with Gasteiger partial charge in [-0.2, -0.15) is 0 Å². The van der Waals surface area contributed by atoms with Gasteiger partial charge >= 0.3 is 0 Å². The molecule has 1 aliphatic rings. The van der Waals surface area contributed by atoms with Crippen LogP contribution in [0, 0.1) is 12.8 Å². The molecule has 1 heterocycles. The molecular weight excluding hydrogens is 374 g/mol. The number of carbonyl (C=O) groups excluding carboxylic acids is 1. The Kier molecular flexibility index (Phi) is 6.20. The maximum absolute atomic E-state index is 13.3. The van der Waals surface area contributed by atoms with E-state index in [1.807, 2.05) is 24.3 Å². The summed E-state index contributed by atoms with van der Waals surface area (Å²) in [6, 6.07) is 9.45. The third kappa shape index (κ3) is 4.92. The zero-order chi connectivity index (χ0) is 21.2. The molecule has 1 aromatic heterocycles. The number of halogens is 2. The highest BCUT2D eigenvalue weighted by molar-refractivity contribution is 5.95. The Labute approximate surface area is 169 Å². The number of carbonyl (C=O) groups is 1. The van der Waals surface area contributed by atoms with Gasteiger partial charge in [0.15, 0.2) is 0 Å². The molecule has 2 aromatic rings. The predicted octanol–water partition coefficient (Wildman–Crippen LogP) is 4.82. The van der Waals surface area contributed by atoms with Gasteiger partial charge in [-0.15, -0.1) is 0 Å². The van der Waals surface area contributed by atoms with Gasteiger partial charge in [0.05, 0.1) is 0 Å². The van der Waals surface area contributed by atoms with Gasteiger partial charge in [0.25, 0.3) is 11.5 Å². The first-order valence-corrected chi connectivity index (χ1v) is 10.2. The number of aromatic nitrogens is 1. The molecule has 1 fully saturated rings. The monoisotopic (exact) mass is 402 g/mol. The maximum atomic E-state index is 13.3. The van der Waals surface area contributed by atoms with E-state index in [9.17, 15) is 18.4 Å². The molecule has 0 saturated heterocycles. The Bertz CT molecular complexity index is 940. The predicted molar refractivity (Wildman–Crippen MR) is 110 cm³/mol. The summed E-state index contributed by atoms with van der Waals surface area (Å²) < 4.78 is 28.1. The molecule has 0 unspecified atom stereocenters. The summed E-state index contributed by atoms with van der Waals surface area (Å²) >= 11 is 0. The van der Waals surface area contributed by atoms with Crippen molar-refractivity contribution in [3.05, 3.63) is 63.6 Å². The van der Waals surface area contributed by atoms with Crippen molar-refractivity contribution in [1.82, 2.24) is 9.88 Å². The highest BCUT2D eigenvalue weighted by Crippen LogP contribution is 2.35. The van der Waals surface area contributed by atoms with E-state index >= 15 is 0 Å². The quantitative estimate of drug-likeness (QED) is 0.779. The van der Waals surface area contributed by atoms with Gasteiger partial charge in [0.2, 0.25) is 5.92 Å². The number of alkyl halides is 2. The Hall–Kier alpha value is -2.50. The summed E-state index contributed by atoms with van der Waals surface area (Å²) in [4.78, 5) is 25.8. The minimum atomic E-state index is -2.59. The third-order valence-corrected chi connectivity index (χ3v) is 5.73. The minimum absolute atomic E-state index is 0.0209. The van der Waals surface area contributed by atoms with E-state index < -0.39 is 11.8 Å². The molecule has 3 rings (SSSR count). The van der Waals surface area contributed by atoms with Crippen LogP contribution in [-0.2, 0) is 0 Å². The van der Waals surface area contributed by atoms with Gasteiger partial charge in [0.1, 0.15) is 5.56 Å². The van der Waals surface area contributed by atoms with Crippen LogP contribution in [0.25, 0.3) is 5.69 Å². The minimum Gasteiger partial charge on any atom is -0.352 e. The fourth-order valence-electron chi connectivity index (χ4n) is 3.77. The first-order valence-electron chi connectivity index (χ1n) is 10.2. The van der Waals surface area contributed by atoms with E-state index in [0.29, 0.717) is 36.6 Å². The molecule has 0 aliphatic heterocycles. The summed E-state index contributed by atoms with van der Waals surface area (Å²) in [6.07, 6.45) is 2.16. The maximum Gasteiger partial charge on any atom is 0.268 e. The molecule has 29 heavy (non-hydrogen) atoms. The summed E-state index contributed by atoms with van der Waals surface area (Å²) in [6.45, 7) is 6.20. The number of amides is 1. The Morgan fingerprint density at radius 1 is 1.24 bits per heavy atom. The molecule has 0 atom stereocenters. The second-order valence-corrected chi connectivity index (χ2v) is 8.31. The van der Waals surface area contributed by atoms with E-state index in [4.69, 9.17) is 0 Å². The fourth-order valence-corrected chi connectivity index (χ4v) is 3.77. The average molecular weight is 402 g/mol. The van der Waals surface area contributed by atoms with Gasteiger partial charge in [-0.3, -0.25) is 14.2 Å². The molecule has 1 N–H and O–H groups in total. The Morgan fingerprint density at radius 2 is 1.93 bits per heavy atom. The van der Waals surface area contributed by atoms with Crippen LogP contribution in [-0.4, -0.2) is 22.9 Å². The smallest absolute Gasteiger partial charge is 0.268 e. The van der Waals surface area contributed by atoms with Crippen molar-refractivity contribution in [2.24, 2.45) is 5.92 Å². The highest BCUT2D eigenvalue weighted by Gasteiger charge is 2.35. The standard InChI is InChI=1S/C23H28F2N2O2/c1-15(2)18-5-4-6-19(13-18)27-12-9-16(3)20(22(27)29)21(28)26-14-17-7-10-23(24,25)11-8-17/h4-6,9,12-13,15,17H,7-8,10-11,14H2,1-3H3,(H,26,28). The van der Waals surface area contributed by atoms with E-state index in [0.717, 1.165) is 5.56 Å². The zero-order valence-electron chi connectivity index (χ0n) is 17.2. The highest BCUT2D eigenvalue weighted by atomic mass is 19.3. The topological polar surface area (TPSA) is 51.1 Å². The van der Waals surface area contributed by atoms with Crippen molar-refractivity contribution in [3.63, 3.8) is 0 Å². The van der Waals surface area contributed by atoms with Crippen LogP contribution in [0.5, 0.6) is 0 Å². The molecule has 1 aliphatic carbocycles. The van der Waals surface area contributed by atoms with Gasteiger partial charge in [-0.1, -0.05) is 26.0 Å². The van der Waals surface area contributed by atoms with Crippen molar-refractivity contribution < 1.29 is 13.6 Å². The second kappa shape index (κ2) is 8.47. The molecule has 1 aromatic carbocycles. The van der Waals surface area contributed by atoms with Crippen LogP contribution in [0.3, 0.4) is 0 Å². The molecule has 0 radical (unpaired) electrons. The normalized spacial score (nSPS) is 16.8. The largest absolute Gasteiger partial charge is 0.352 e. The summed E-state index contributed by atoms with van der Waals surface area (Å²) in [5, 5.41) is 2.79. The van der Waals surface area contributed by atoms with Crippen LogP contribution in [0.4, 0.5) is 8.78 Å². The van der Waals surface area contributed by atoms with E-state index in [-0.39, 0.29) is 29.9 Å². The Morgan fingerprint density at radius 3 is 2.59 bits per heavy atom. The Balaban J connectivity index is 1.79. The van der Waals surface area contributed by atoms with Crippen LogP contribution >= 0.6 is 0 Å². The van der Waals surface area contributed by atoms with Gasteiger partial charge in [-0.25, -0.2) is 8.78 Å². The average Bonchev–Trinajstić information content (AvgIpc) is 2.67. The number of pyridine rings is 1. The van der Waals surface area contributed by atoms with Crippen molar-refractivity contribution in [2.45, 2.75) is 58.3 Å². The number of hydrogen-bond donors (Lipinski definition) is 1. The third-order valence-electron chi connectivity index (χ3n) is 5.73. The van der Waals surface area contributed by atoms with Crippen LogP contribution in [0.15, 0.2) is 41.3 Å². The number of nitrogens with one attached hydrogen (secondary N) is 1. The number of aryl methyl sites for hydroxylation is 1. The van der Waals surface area contributed by atoms with Gasteiger partial charge < -0.3 is 5.32 Å². The first kappa shape index (κ1) is 21.2. The lowest BCUT2D eigenvalue weighted by Gasteiger charge is -2.28. The number of benzene rings is 1. The summed E-state index contributed by atoms with van der Waals surface area (Å²) in [5.41, 5.74) is 2.14. The van der Waals surface area contributed by atoms with Crippen LogP contribution in [0.2, 0.25) is 0 Å². The molecule has 6 heteroatoms. The lowest BCUT2D eigenvalue weighted by molar-refractivity contribution is -0.0452. The molecule has 4 nitrogen and oxygen atoms in total. The first-order chi connectivity index (χ1) is 13.7. The van der Waals surface area contributed by atoms with Gasteiger partial charge in [-0.05, 0) is 60.9 Å². The van der Waals surface area contributed by atoms with Crippen molar-refractivity contribution in [3.8, 4) is 5.69 Å². The van der Waals surface area contributed by atoms with Crippen LogP contribution < -0.4 is 10.9 Å². The number of hydrogen-bond acceptors (Lipinski definition) is 2. The van der Waals surface area contributed by atoms with E-state index in [1.54, 1.807) is 19.2 Å². The van der Waals surface area contributed by atoms with E-state index in [2.05, 4.69) is 19.2 Å². The SMILES string of the molecule is Cc1ccn(-c2cccc(C(C)C)c2)c(=O)c1C(=O)NCC1CCC(F)(F)CC1. The molecule has 156 valence electrons. The van der Waals surface area contributed by atoms with Crippen molar-refractivity contribution in [2.75, 3.05) is 6.54 Å². The lowest BCUT2D eigenvalue weighted by atomic mass is 9.87. The summed E-state index contributed by atoms with van der Waals surface area (Å²) in [5.74, 6) is -2.69. The molecule has 0 bridgehead atoms. The fraction of sp³-hybridized carbons (Fsp3) is 0.478. The zero-order valence-corrected chi connectivity index (χ0v) is 17.2. The second-order valence-electron chi connectivity index (χ2n) is 8.31. The van der Waals surface area contributed by atoms with Crippen LogP contribution in [0.1, 0.15) is 66.9 Å².